The normalized spacial score (nSPS) is 19.8. The Bertz CT molecular complexity index is 1320. The molecule has 3 aliphatic heterocycles. The summed E-state index contributed by atoms with van der Waals surface area (Å²) in [6, 6.07) is 9.78. The molecule has 10 nitrogen and oxygen atoms in total. The van der Waals surface area contributed by atoms with Crippen molar-refractivity contribution < 1.29 is 29.3 Å². The second kappa shape index (κ2) is 10.8. The predicted molar refractivity (Wildman–Crippen MR) is 148 cm³/mol. The lowest BCUT2D eigenvalue weighted by molar-refractivity contribution is -0.114. The molecule has 38 heavy (non-hydrogen) atoms. The molecule has 0 atom stereocenters. The molecule has 2 amide bonds. The number of methoxy groups -OCH3 is 2. The number of ether oxygens (including phenoxy) is 2. The van der Waals surface area contributed by atoms with Crippen molar-refractivity contribution in [2.45, 2.75) is 0 Å². The van der Waals surface area contributed by atoms with Gasteiger partial charge in [0.2, 0.25) is 0 Å². The smallest absolute Gasteiger partial charge is 0.286 e. The van der Waals surface area contributed by atoms with Gasteiger partial charge >= 0.3 is 0 Å². The second-order valence-corrected chi connectivity index (χ2v) is 10.5. The predicted octanol–water partition coefficient (Wildman–Crippen LogP) is 3.37. The average molecular weight is 553 g/mol. The van der Waals surface area contributed by atoms with Crippen molar-refractivity contribution in [3.8, 4) is 23.0 Å². The van der Waals surface area contributed by atoms with E-state index in [0.717, 1.165) is 11.1 Å². The third-order valence-corrected chi connectivity index (χ3v) is 8.13. The van der Waals surface area contributed by atoms with Crippen LogP contribution in [0.1, 0.15) is 11.1 Å². The first kappa shape index (κ1) is 25.7. The van der Waals surface area contributed by atoms with E-state index in [-0.39, 0.29) is 23.3 Å². The molecule has 2 aromatic carbocycles. The highest BCUT2D eigenvalue weighted by Crippen LogP contribution is 2.35. The summed E-state index contributed by atoms with van der Waals surface area (Å²) in [6.45, 7) is 2.51. The number of carbonyl (C=O) groups excluding carboxylic acids is 2. The molecule has 0 saturated carbocycles. The van der Waals surface area contributed by atoms with Gasteiger partial charge in [0.1, 0.15) is 0 Å². The molecule has 0 spiro atoms. The number of nitrogens with zero attached hydrogens (tertiary/aromatic N) is 4. The Kier molecular flexibility index (Phi) is 7.34. The molecule has 3 aliphatic rings. The number of benzene rings is 2. The van der Waals surface area contributed by atoms with Gasteiger partial charge in [-0.2, -0.15) is 9.98 Å². The van der Waals surface area contributed by atoms with E-state index in [9.17, 15) is 19.8 Å². The van der Waals surface area contributed by atoms with E-state index >= 15 is 0 Å². The standard InChI is InChI=1S/C26H24N4O6S2/c1-35-19-11-15(3-5-17(19)31)13-21-23(33)27-25(37-21)29-7-9-30(10-8-29)26-28-24(34)22(38-26)14-16-4-6-18(32)20(12-16)36-2/h3-6,11-14,31-32H,7-10H2,1-2H3/b21-13-,22-14-. The second-order valence-electron chi connectivity index (χ2n) is 8.46. The van der Waals surface area contributed by atoms with Gasteiger partial charge in [0.15, 0.2) is 33.3 Å². The number of amidine groups is 2. The Morgan fingerprint density at radius 2 is 1.13 bits per heavy atom. The largest absolute Gasteiger partial charge is 0.504 e. The summed E-state index contributed by atoms with van der Waals surface area (Å²) in [5.74, 6) is 0.121. The fraction of sp³-hybridized carbons (Fsp3) is 0.231. The van der Waals surface area contributed by atoms with Gasteiger partial charge in [-0.25, -0.2) is 0 Å². The van der Waals surface area contributed by atoms with Crippen molar-refractivity contribution in [3.63, 3.8) is 0 Å². The highest BCUT2D eigenvalue weighted by molar-refractivity contribution is 8.18. The number of rotatable bonds is 4. The van der Waals surface area contributed by atoms with E-state index in [4.69, 9.17) is 9.47 Å². The third kappa shape index (κ3) is 5.36. The van der Waals surface area contributed by atoms with Gasteiger partial charge in [0, 0.05) is 26.2 Å². The van der Waals surface area contributed by atoms with Gasteiger partial charge in [-0.3, -0.25) is 9.59 Å². The van der Waals surface area contributed by atoms with Crippen LogP contribution in [0.25, 0.3) is 12.2 Å². The minimum absolute atomic E-state index is 0.0322. The lowest BCUT2D eigenvalue weighted by Gasteiger charge is -2.35. The maximum absolute atomic E-state index is 12.5. The molecule has 0 aliphatic carbocycles. The van der Waals surface area contributed by atoms with Crippen LogP contribution in [0.3, 0.4) is 0 Å². The van der Waals surface area contributed by atoms with Gasteiger partial charge in [0.05, 0.1) is 24.0 Å². The average Bonchev–Trinajstić information content (AvgIpc) is 3.48. The van der Waals surface area contributed by atoms with E-state index in [1.165, 1.54) is 49.9 Å². The molecule has 0 aromatic heterocycles. The molecule has 0 unspecified atom stereocenters. The van der Waals surface area contributed by atoms with Crippen LogP contribution in [0.2, 0.25) is 0 Å². The molecule has 2 N–H and O–H groups in total. The Morgan fingerprint density at radius 1 is 0.737 bits per heavy atom. The summed E-state index contributed by atoms with van der Waals surface area (Å²) in [4.78, 5) is 38.6. The van der Waals surface area contributed by atoms with Crippen LogP contribution in [-0.2, 0) is 9.59 Å². The maximum atomic E-state index is 12.5. The van der Waals surface area contributed by atoms with Crippen LogP contribution in [0, 0.1) is 0 Å². The minimum atomic E-state index is -0.304. The summed E-state index contributed by atoms with van der Waals surface area (Å²) in [6.07, 6.45) is 3.46. The monoisotopic (exact) mass is 552 g/mol. The summed E-state index contributed by atoms with van der Waals surface area (Å²) in [7, 11) is 2.94. The van der Waals surface area contributed by atoms with Crippen LogP contribution in [0.4, 0.5) is 0 Å². The Labute approximate surface area is 227 Å². The summed E-state index contributed by atoms with van der Waals surface area (Å²) >= 11 is 2.63. The highest BCUT2D eigenvalue weighted by Gasteiger charge is 2.32. The van der Waals surface area contributed by atoms with Crippen LogP contribution in [-0.4, -0.2) is 82.6 Å². The summed E-state index contributed by atoms with van der Waals surface area (Å²) in [5, 5.41) is 20.9. The van der Waals surface area contributed by atoms with Crippen molar-refractivity contribution in [3.05, 3.63) is 57.3 Å². The van der Waals surface area contributed by atoms with Crippen LogP contribution < -0.4 is 9.47 Å². The quantitative estimate of drug-likeness (QED) is 0.546. The number of thioether (sulfide) groups is 2. The molecule has 0 bridgehead atoms. The molecule has 0 radical (unpaired) electrons. The zero-order valence-corrected chi connectivity index (χ0v) is 22.2. The first-order valence-electron chi connectivity index (χ1n) is 11.6. The highest BCUT2D eigenvalue weighted by atomic mass is 32.2. The zero-order valence-electron chi connectivity index (χ0n) is 20.6. The number of phenols is 2. The van der Waals surface area contributed by atoms with Crippen molar-refractivity contribution in [2.75, 3.05) is 40.4 Å². The number of carbonyl (C=O) groups is 2. The fourth-order valence-corrected chi connectivity index (χ4v) is 5.96. The lowest BCUT2D eigenvalue weighted by atomic mass is 10.2. The minimum Gasteiger partial charge on any atom is -0.504 e. The van der Waals surface area contributed by atoms with Gasteiger partial charge in [0.25, 0.3) is 11.8 Å². The number of piperazine rings is 1. The Balaban J connectivity index is 1.19. The Hall–Kier alpha value is -3.90. The SMILES string of the molecule is COc1cc(/C=C2\SC(N3CCN(C4=NC(=O)/C(=C/c5ccc(O)c(OC)c5)S4)CC3)=NC2=O)ccc1O. The summed E-state index contributed by atoms with van der Waals surface area (Å²) < 4.78 is 10.3. The molecule has 1 fully saturated rings. The van der Waals surface area contributed by atoms with Gasteiger partial charge in [-0.15, -0.1) is 0 Å². The summed E-state index contributed by atoms with van der Waals surface area (Å²) in [5.41, 5.74) is 1.46. The van der Waals surface area contributed by atoms with Gasteiger partial charge in [-0.1, -0.05) is 12.1 Å². The van der Waals surface area contributed by atoms with E-state index in [1.807, 2.05) is 0 Å². The fourth-order valence-electron chi connectivity index (χ4n) is 4.03. The number of aromatic hydroxyl groups is 2. The number of amides is 2. The molecule has 12 heteroatoms. The van der Waals surface area contributed by atoms with E-state index in [0.29, 0.717) is 57.8 Å². The van der Waals surface area contributed by atoms with E-state index in [1.54, 1.807) is 36.4 Å². The van der Waals surface area contributed by atoms with E-state index < -0.39 is 0 Å². The number of hydrogen-bond donors (Lipinski definition) is 2. The Morgan fingerprint density at radius 3 is 1.50 bits per heavy atom. The van der Waals surface area contributed by atoms with Gasteiger partial charge < -0.3 is 29.5 Å². The molecule has 3 heterocycles. The topological polar surface area (TPSA) is 124 Å². The number of hydrogen-bond acceptors (Lipinski definition) is 10. The lowest BCUT2D eigenvalue weighted by Crippen LogP contribution is -2.49. The third-order valence-electron chi connectivity index (χ3n) is 6.04. The first-order valence-corrected chi connectivity index (χ1v) is 13.3. The first-order chi connectivity index (χ1) is 18.3. The van der Waals surface area contributed by atoms with Crippen molar-refractivity contribution in [1.82, 2.24) is 9.80 Å². The van der Waals surface area contributed by atoms with Crippen LogP contribution >= 0.6 is 23.5 Å². The molecular formula is C26H24N4O6S2. The molecular weight excluding hydrogens is 528 g/mol. The van der Waals surface area contributed by atoms with Crippen LogP contribution in [0.5, 0.6) is 23.0 Å². The molecule has 196 valence electrons. The van der Waals surface area contributed by atoms with E-state index in [2.05, 4.69) is 19.8 Å². The van der Waals surface area contributed by atoms with Crippen LogP contribution in [0.15, 0.2) is 56.2 Å². The molecule has 2 aromatic rings. The zero-order chi connectivity index (χ0) is 26.8. The van der Waals surface area contributed by atoms with Crippen molar-refractivity contribution in [2.24, 2.45) is 9.98 Å². The molecule has 1 saturated heterocycles. The van der Waals surface area contributed by atoms with Crippen molar-refractivity contribution >= 4 is 57.8 Å². The van der Waals surface area contributed by atoms with Crippen molar-refractivity contribution in [1.29, 1.82) is 0 Å². The number of phenolic OH excluding ortho intramolecular Hbond substituents is 2. The maximum Gasteiger partial charge on any atom is 0.286 e. The number of aliphatic imine (C=N–C) groups is 2. The molecule has 5 rings (SSSR count). The van der Waals surface area contributed by atoms with Gasteiger partial charge in [-0.05, 0) is 71.1 Å².